The molecule has 0 spiro atoms. The van der Waals surface area contributed by atoms with E-state index in [9.17, 15) is 0 Å². The predicted octanol–water partition coefficient (Wildman–Crippen LogP) is 4.10. The van der Waals surface area contributed by atoms with Gasteiger partial charge < -0.3 is 15.2 Å². The van der Waals surface area contributed by atoms with E-state index in [0.29, 0.717) is 11.6 Å². The van der Waals surface area contributed by atoms with Crippen LogP contribution in [0, 0.1) is 0 Å². The number of anilines is 1. The van der Waals surface area contributed by atoms with Crippen LogP contribution in [0.2, 0.25) is 5.02 Å². The van der Waals surface area contributed by atoms with Crippen LogP contribution >= 0.6 is 23.4 Å². The number of nitrogen functional groups attached to an aromatic ring is 1. The average Bonchev–Trinajstić information content (AvgIpc) is 2.45. The van der Waals surface area contributed by atoms with Crippen LogP contribution in [0.25, 0.3) is 0 Å². The van der Waals surface area contributed by atoms with E-state index in [0.717, 1.165) is 27.8 Å². The topological polar surface area (TPSA) is 44.5 Å². The quantitative estimate of drug-likeness (QED) is 0.495. The van der Waals surface area contributed by atoms with Crippen LogP contribution in [0.5, 0.6) is 11.5 Å². The van der Waals surface area contributed by atoms with Crippen molar-refractivity contribution in [3.63, 3.8) is 0 Å². The monoisotopic (exact) mass is 309 g/mol. The number of hydrogen-bond donors (Lipinski definition) is 1. The summed E-state index contributed by atoms with van der Waals surface area (Å²) in [6.07, 6.45) is 0. The van der Waals surface area contributed by atoms with Crippen molar-refractivity contribution in [3.05, 3.63) is 47.5 Å². The molecule has 2 aromatic rings. The lowest BCUT2D eigenvalue weighted by Gasteiger charge is -2.09. The summed E-state index contributed by atoms with van der Waals surface area (Å²) >= 11 is 7.53. The summed E-state index contributed by atoms with van der Waals surface area (Å²) in [4.78, 5) is 0.999. The predicted molar refractivity (Wildman–Crippen MR) is 85.1 cm³/mol. The van der Waals surface area contributed by atoms with Crippen LogP contribution in [0.1, 0.15) is 0 Å². The Kier molecular flexibility index (Phi) is 5.44. The van der Waals surface area contributed by atoms with E-state index in [4.69, 9.17) is 26.8 Å². The molecule has 0 fully saturated rings. The molecule has 0 bridgehead atoms. The highest BCUT2D eigenvalue weighted by atomic mass is 35.5. The molecule has 0 aliphatic rings. The molecule has 0 aliphatic carbocycles. The van der Waals surface area contributed by atoms with E-state index in [2.05, 4.69) is 0 Å². The second-order valence-electron chi connectivity index (χ2n) is 4.06. The molecule has 2 rings (SSSR count). The normalized spacial score (nSPS) is 10.3. The van der Waals surface area contributed by atoms with Crippen molar-refractivity contribution in [2.45, 2.75) is 4.90 Å². The second-order valence-corrected chi connectivity index (χ2v) is 5.63. The lowest BCUT2D eigenvalue weighted by atomic mass is 10.3. The molecule has 0 aromatic heterocycles. The standard InChI is InChI=1S/C15H16ClNO2S/c1-18-12-5-6-14(17)15(10-12)20-8-7-19-13-4-2-3-11(16)9-13/h2-6,9-10H,7-8,17H2,1H3. The zero-order valence-electron chi connectivity index (χ0n) is 11.1. The van der Waals surface area contributed by atoms with Crippen molar-refractivity contribution in [1.82, 2.24) is 0 Å². The molecule has 0 unspecified atom stereocenters. The van der Waals surface area contributed by atoms with E-state index >= 15 is 0 Å². The number of thioether (sulfide) groups is 1. The molecule has 3 nitrogen and oxygen atoms in total. The van der Waals surface area contributed by atoms with Gasteiger partial charge in [-0.15, -0.1) is 11.8 Å². The van der Waals surface area contributed by atoms with Crippen molar-refractivity contribution in [1.29, 1.82) is 0 Å². The Morgan fingerprint density at radius 1 is 1.15 bits per heavy atom. The summed E-state index contributed by atoms with van der Waals surface area (Å²) in [6.45, 7) is 0.585. The maximum atomic E-state index is 5.92. The van der Waals surface area contributed by atoms with E-state index in [1.807, 2.05) is 36.4 Å². The Labute approximate surface area is 128 Å². The SMILES string of the molecule is COc1ccc(N)c(SCCOc2cccc(Cl)c2)c1. The lowest BCUT2D eigenvalue weighted by Crippen LogP contribution is -2.00. The van der Waals surface area contributed by atoms with Gasteiger partial charge in [0.15, 0.2) is 0 Å². The molecule has 0 amide bonds. The third-order valence-corrected chi connectivity index (χ3v) is 3.90. The average molecular weight is 310 g/mol. The number of methoxy groups -OCH3 is 1. The van der Waals surface area contributed by atoms with Gasteiger partial charge >= 0.3 is 0 Å². The highest BCUT2D eigenvalue weighted by Crippen LogP contribution is 2.29. The fraction of sp³-hybridized carbons (Fsp3) is 0.200. The van der Waals surface area contributed by atoms with Crippen LogP contribution < -0.4 is 15.2 Å². The Morgan fingerprint density at radius 3 is 2.75 bits per heavy atom. The summed E-state index contributed by atoms with van der Waals surface area (Å²) in [7, 11) is 1.64. The minimum atomic E-state index is 0.585. The van der Waals surface area contributed by atoms with Crippen LogP contribution in [0.4, 0.5) is 5.69 Å². The van der Waals surface area contributed by atoms with Crippen LogP contribution in [0.15, 0.2) is 47.4 Å². The van der Waals surface area contributed by atoms with Gasteiger partial charge in [-0.1, -0.05) is 17.7 Å². The molecule has 20 heavy (non-hydrogen) atoms. The largest absolute Gasteiger partial charge is 0.497 e. The summed E-state index contributed by atoms with van der Waals surface area (Å²) in [6, 6.07) is 13.0. The molecular formula is C15H16ClNO2S. The van der Waals surface area contributed by atoms with Crippen LogP contribution in [-0.4, -0.2) is 19.5 Å². The minimum Gasteiger partial charge on any atom is -0.497 e. The van der Waals surface area contributed by atoms with Crippen LogP contribution in [0.3, 0.4) is 0 Å². The van der Waals surface area contributed by atoms with E-state index in [-0.39, 0.29) is 0 Å². The van der Waals surface area contributed by atoms with Crippen LogP contribution in [-0.2, 0) is 0 Å². The van der Waals surface area contributed by atoms with Gasteiger partial charge in [0, 0.05) is 21.4 Å². The van der Waals surface area contributed by atoms with E-state index in [1.54, 1.807) is 24.9 Å². The lowest BCUT2D eigenvalue weighted by molar-refractivity contribution is 0.344. The number of ether oxygens (including phenoxy) is 2. The van der Waals surface area contributed by atoms with Crippen molar-refractivity contribution < 1.29 is 9.47 Å². The van der Waals surface area contributed by atoms with Crippen molar-refractivity contribution in [2.24, 2.45) is 0 Å². The molecule has 2 N–H and O–H groups in total. The highest BCUT2D eigenvalue weighted by molar-refractivity contribution is 7.99. The molecule has 0 heterocycles. The molecule has 0 atom stereocenters. The smallest absolute Gasteiger partial charge is 0.120 e. The molecule has 0 saturated carbocycles. The molecule has 0 aliphatic heterocycles. The first-order chi connectivity index (χ1) is 9.69. The fourth-order valence-corrected chi connectivity index (χ4v) is 2.64. The molecule has 106 valence electrons. The number of hydrogen-bond acceptors (Lipinski definition) is 4. The first-order valence-corrected chi connectivity index (χ1v) is 7.50. The van der Waals surface area contributed by atoms with E-state index in [1.165, 1.54) is 0 Å². The van der Waals surface area contributed by atoms with Crippen molar-refractivity contribution in [3.8, 4) is 11.5 Å². The van der Waals surface area contributed by atoms with Crippen molar-refractivity contribution in [2.75, 3.05) is 25.2 Å². The van der Waals surface area contributed by atoms with Gasteiger partial charge in [0.2, 0.25) is 0 Å². The molecule has 5 heteroatoms. The number of benzene rings is 2. The molecule has 0 saturated heterocycles. The first-order valence-electron chi connectivity index (χ1n) is 6.14. The zero-order valence-corrected chi connectivity index (χ0v) is 12.7. The molecule has 0 radical (unpaired) electrons. The number of nitrogens with two attached hydrogens (primary N) is 1. The van der Waals surface area contributed by atoms with Gasteiger partial charge in [-0.3, -0.25) is 0 Å². The Bertz CT molecular complexity index is 578. The maximum Gasteiger partial charge on any atom is 0.120 e. The maximum absolute atomic E-state index is 5.92. The Balaban J connectivity index is 1.84. The Morgan fingerprint density at radius 2 is 2.00 bits per heavy atom. The zero-order chi connectivity index (χ0) is 14.4. The molecular weight excluding hydrogens is 294 g/mol. The first kappa shape index (κ1) is 14.9. The fourth-order valence-electron chi connectivity index (χ4n) is 1.63. The van der Waals surface area contributed by atoms with Crippen molar-refractivity contribution >= 4 is 29.1 Å². The summed E-state index contributed by atoms with van der Waals surface area (Å²) in [5, 5.41) is 0.673. The highest BCUT2D eigenvalue weighted by Gasteiger charge is 2.03. The second kappa shape index (κ2) is 7.31. The van der Waals surface area contributed by atoms with Gasteiger partial charge in [0.05, 0.1) is 13.7 Å². The summed E-state index contributed by atoms with van der Waals surface area (Å²) in [5.74, 6) is 2.37. The molecule has 2 aromatic carbocycles. The minimum absolute atomic E-state index is 0.585. The third-order valence-electron chi connectivity index (χ3n) is 2.63. The number of rotatable bonds is 6. The van der Waals surface area contributed by atoms with Gasteiger partial charge in [0.25, 0.3) is 0 Å². The Hall–Kier alpha value is -1.52. The van der Waals surface area contributed by atoms with Gasteiger partial charge in [-0.25, -0.2) is 0 Å². The summed E-state index contributed by atoms with van der Waals surface area (Å²) in [5.41, 5.74) is 6.67. The van der Waals surface area contributed by atoms with Gasteiger partial charge in [0.1, 0.15) is 11.5 Å². The van der Waals surface area contributed by atoms with Gasteiger partial charge in [-0.05, 0) is 36.4 Å². The summed E-state index contributed by atoms with van der Waals surface area (Å²) < 4.78 is 10.8. The number of halogens is 1. The van der Waals surface area contributed by atoms with E-state index < -0.39 is 0 Å². The third kappa shape index (κ3) is 4.25. The van der Waals surface area contributed by atoms with Gasteiger partial charge in [-0.2, -0.15) is 0 Å².